The molecule has 2 atom stereocenters. The molecule has 1 heterocycles. The molecular weight excluding hydrogens is 310 g/mol. The van der Waals surface area contributed by atoms with Gasteiger partial charge < -0.3 is 10.5 Å². The molecule has 1 aliphatic rings. The lowest BCUT2D eigenvalue weighted by Gasteiger charge is -2.23. The van der Waals surface area contributed by atoms with Crippen LogP contribution in [-0.2, 0) is 0 Å². The van der Waals surface area contributed by atoms with E-state index in [1.807, 2.05) is 37.4 Å². The number of nitrogens with zero attached hydrogens (tertiary/aromatic N) is 2. The summed E-state index contributed by atoms with van der Waals surface area (Å²) in [6, 6.07) is 16.8. The molecule has 0 spiro atoms. The first kappa shape index (κ1) is 16.2. The summed E-state index contributed by atoms with van der Waals surface area (Å²) in [4.78, 5) is 0. The molecule has 0 amide bonds. The van der Waals surface area contributed by atoms with Crippen LogP contribution in [0.1, 0.15) is 50.3 Å². The third-order valence-corrected chi connectivity index (χ3v) is 5.11. The van der Waals surface area contributed by atoms with Crippen molar-refractivity contribution in [3.63, 3.8) is 0 Å². The molecule has 1 fully saturated rings. The van der Waals surface area contributed by atoms with E-state index in [1.165, 1.54) is 31.2 Å². The average molecular weight is 335 g/mol. The van der Waals surface area contributed by atoms with Crippen molar-refractivity contribution in [2.45, 2.75) is 50.8 Å². The Morgan fingerprint density at radius 2 is 1.88 bits per heavy atom. The molecule has 4 nitrogen and oxygen atoms in total. The summed E-state index contributed by atoms with van der Waals surface area (Å²) >= 11 is 0. The molecular formula is C21H25N3O. The van der Waals surface area contributed by atoms with Gasteiger partial charge in [-0.3, -0.25) is 4.68 Å². The van der Waals surface area contributed by atoms with Crippen molar-refractivity contribution < 1.29 is 4.74 Å². The van der Waals surface area contributed by atoms with E-state index in [0.717, 1.165) is 16.7 Å². The molecule has 4 rings (SSSR count). The van der Waals surface area contributed by atoms with Gasteiger partial charge in [-0.15, -0.1) is 0 Å². The van der Waals surface area contributed by atoms with Crippen LogP contribution < -0.4 is 10.5 Å². The Kier molecular flexibility index (Phi) is 4.45. The van der Waals surface area contributed by atoms with E-state index >= 15 is 0 Å². The van der Waals surface area contributed by atoms with E-state index in [2.05, 4.69) is 34.0 Å². The third kappa shape index (κ3) is 3.27. The normalized spacial score (nSPS) is 17.7. The number of fused-ring (bicyclic) bond motifs is 1. The SMILES string of the molecule is C[C@H](N)[C@H](Oc1ccc2c(cnn2C2CCCC2)c1)c1ccccc1. The first-order valence-electron chi connectivity index (χ1n) is 9.17. The van der Waals surface area contributed by atoms with Gasteiger partial charge in [-0.1, -0.05) is 43.2 Å². The Morgan fingerprint density at radius 1 is 1.12 bits per heavy atom. The van der Waals surface area contributed by atoms with Crippen LogP contribution in [0, 0.1) is 0 Å². The van der Waals surface area contributed by atoms with Gasteiger partial charge in [0.05, 0.1) is 17.8 Å². The summed E-state index contributed by atoms with van der Waals surface area (Å²) in [6.07, 6.45) is 6.86. The fraction of sp³-hybridized carbons (Fsp3) is 0.381. The van der Waals surface area contributed by atoms with E-state index in [9.17, 15) is 0 Å². The van der Waals surface area contributed by atoms with Crippen LogP contribution in [0.25, 0.3) is 10.9 Å². The topological polar surface area (TPSA) is 53.1 Å². The molecule has 4 heteroatoms. The van der Waals surface area contributed by atoms with Crippen molar-refractivity contribution in [2.75, 3.05) is 0 Å². The summed E-state index contributed by atoms with van der Waals surface area (Å²) in [6.45, 7) is 1.98. The second-order valence-corrected chi connectivity index (χ2v) is 7.06. The zero-order chi connectivity index (χ0) is 17.2. The van der Waals surface area contributed by atoms with Crippen molar-refractivity contribution in [3.8, 4) is 5.75 Å². The van der Waals surface area contributed by atoms with Crippen molar-refractivity contribution in [1.29, 1.82) is 0 Å². The fourth-order valence-corrected chi connectivity index (χ4v) is 3.81. The zero-order valence-electron chi connectivity index (χ0n) is 14.6. The average Bonchev–Trinajstić information content (AvgIpc) is 3.29. The summed E-state index contributed by atoms with van der Waals surface area (Å²) < 4.78 is 8.43. The number of hydrogen-bond donors (Lipinski definition) is 1. The predicted molar refractivity (Wildman–Crippen MR) is 101 cm³/mol. The van der Waals surface area contributed by atoms with Gasteiger partial charge in [-0.2, -0.15) is 5.10 Å². The number of ether oxygens (including phenoxy) is 1. The van der Waals surface area contributed by atoms with Crippen LogP contribution in [0.15, 0.2) is 54.7 Å². The standard InChI is InChI=1S/C21H25N3O/c1-15(22)21(16-7-3-2-4-8-16)25-19-11-12-20-17(13-19)14-23-24(20)18-9-5-6-10-18/h2-4,7-8,11-15,18,21H,5-6,9-10,22H2,1H3/t15-,21-/m0/s1. The Hall–Kier alpha value is -2.33. The lowest BCUT2D eigenvalue weighted by atomic mass is 10.0. The monoisotopic (exact) mass is 335 g/mol. The molecule has 1 aromatic heterocycles. The lowest BCUT2D eigenvalue weighted by molar-refractivity contribution is 0.180. The van der Waals surface area contributed by atoms with Crippen LogP contribution in [0.5, 0.6) is 5.75 Å². The molecule has 1 aliphatic carbocycles. The van der Waals surface area contributed by atoms with E-state index in [-0.39, 0.29) is 12.1 Å². The Bertz CT molecular complexity index is 835. The number of benzene rings is 2. The second-order valence-electron chi connectivity index (χ2n) is 7.06. The highest BCUT2D eigenvalue weighted by Gasteiger charge is 2.21. The van der Waals surface area contributed by atoms with Crippen molar-refractivity contribution in [3.05, 3.63) is 60.3 Å². The minimum atomic E-state index is -0.163. The largest absolute Gasteiger partial charge is 0.484 e. The number of aromatic nitrogens is 2. The zero-order valence-corrected chi connectivity index (χ0v) is 14.6. The fourth-order valence-electron chi connectivity index (χ4n) is 3.81. The predicted octanol–water partition coefficient (Wildman–Crippen LogP) is 4.62. The van der Waals surface area contributed by atoms with Crippen LogP contribution in [-0.4, -0.2) is 15.8 Å². The van der Waals surface area contributed by atoms with Crippen LogP contribution in [0.3, 0.4) is 0 Å². The van der Waals surface area contributed by atoms with Gasteiger partial charge in [-0.05, 0) is 43.5 Å². The maximum absolute atomic E-state index is 6.24. The molecule has 3 aromatic rings. The van der Waals surface area contributed by atoms with E-state index < -0.39 is 0 Å². The van der Waals surface area contributed by atoms with Gasteiger partial charge >= 0.3 is 0 Å². The second kappa shape index (κ2) is 6.89. The smallest absolute Gasteiger partial charge is 0.138 e. The molecule has 2 aromatic carbocycles. The number of rotatable bonds is 5. The maximum Gasteiger partial charge on any atom is 0.138 e. The molecule has 130 valence electrons. The van der Waals surface area contributed by atoms with Gasteiger partial charge in [0.25, 0.3) is 0 Å². The van der Waals surface area contributed by atoms with Crippen LogP contribution in [0.2, 0.25) is 0 Å². The molecule has 0 aliphatic heterocycles. The molecule has 0 unspecified atom stereocenters. The molecule has 2 N–H and O–H groups in total. The lowest BCUT2D eigenvalue weighted by Crippen LogP contribution is -2.29. The van der Waals surface area contributed by atoms with E-state index in [4.69, 9.17) is 10.5 Å². The molecule has 0 radical (unpaired) electrons. The van der Waals surface area contributed by atoms with Gasteiger partial charge in [-0.25, -0.2) is 0 Å². The highest BCUT2D eigenvalue weighted by molar-refractivity contribution is 5.80. The van der Waals surface area contributed by atoms with E-state index in [1.54, 1.807) is 0 Å². The summed E-state index contributed by atoms with van der Waals surface area (Å²) in [5.41, 5.74) is 8.46. The van der Waals surface area contributed by atoms with Crippen LogP contribution in [0.4, 0.5) is 0 Å². The quantitative estimate of drug-likeness (QED) is 0.740. The highest BCUT2D eigenvalue weighted by Crippen LogP contribution is 2.33. The molecule has 0 bridgehead atoms. The van der Waals surface area contributed by atoms with Crippen LogP contribution >= 0.6 is 0 Å². The highest BCUT2D eigenvalue weighted by atomic mass is 16.5. The molecule has 1 saturated carbocycles. The van der Waals surface area contributed by atoms with Gasteiger partial charge in [0.1, 0.15) is 11.9 Å². The third-order valence-electron chi connectivity index (χ3n) is 5.11. The van der Waals surface area contributed by atoms with Crippen molar-refractivity contribution >= 4 is 10.9 Å². The Labute approximate surface area is 148 Å². The Morgan fingerprint density at radius 3 is 2.60 bits per heavy atom. The van der Waals surface area contributed by atoms with Crippen molar-refractivity contribution in [2.24, 2.45) is 5.73 Å². The summed E-state index contributed by atoms with van der Waals surface area (Å²) in [5.74, 6) is 0.838. The summed E-state index contributed by atoms with van der Waals surface area (Å²) in [5, 5.41) is 5.75. The minimum Gasteiger partial charge on any atom is -0.484 e. The summed E-state index contributed by atoms with van der Waals surface area (Å²) in [7, 11) is 0. The van der Waals surface area contributed by atoms with Gasteiger partial charge in [0.2, 0.25) is 0 Å². The first-order chi connectivity index (χ1) is 12.2. The van der Waals surface area contributed by atoms with E-state index in [0.29, 0.717) is 6.04 Å². The molecule has 25 heavy (non-hydrogen) atoms. The van der Waals surface area contributed by atoms with Crippen molar-refractivity contribution in [1.82, 2.24) is 9.78 Å². The number of nitrogens with two attached hydrogens (primary N) is 1. The Balaban J connectivity index is 1.61. The minimum absolute atomic E-state index is 0.0979. The number of hydrogen-bond acceptors (Lipinski definition) is 3. The molecule has 0 saturated heterocycles. The van der Waals surface area contributed by atoms with Gasteiger partial charge in [0, 0.05) is 11.4 Å². The van der Waals surface area contributed by atoms with Gasteiger partial charge in [0.15, 0.2) is 0 Å². The maximum atomic E-state index is 6.24. The first-order valence-corrected chi connectivity index (χ1v) is 9.17.